The molecule has 0 saturated carbocycles. The van der Waals surface area contributed by atoms with E-state index in [1.54, 1.807) is 0 Å². The summed E-state index contributed by atoms with van der Waals surface area (Å²) in [7, 11) is 2.21. The van der Waals surface area contributed by atoms with Crippen molar-refractivity contribution in [2.24, 2.45) is 5.92 Å². The molecule has 5 heteroatoms. The summed E-state index contributed by atoms with van der Waals surface area (Å²) in [5.74, 6) is 0.801. The van der Waals surface area contributed by atoms with E-state index in [2.05, 4.69) is 30.7 Å². The first-order valence-corrected chi connectivity index (χ1v) is 8.98. The van der Waals surface area contributed by atoms with Crippen LogP contribution in [0, 0.1) is 5.92 Å². The van der Waals surface area contributed by atoms with Gasteiger partial charge in [-0.1, -0.05) is 0 Å². The predicted octanol–water partition coefficient (Wildman–Crippen LogP) is 2.66. The van der Waals surface area contributed by atoms with Gasteiger partial charge < -0.3 is 14.5 Å². The van der Waals surface area contributed by atoms with E-state index in [4.69, 9.17) is 4.74 Å². The highest BCUT2D eigenvalue weighted by Crippen LogP contribution is 2.26. The van der Waals surface area contributed by atoms with Gasteiger partial charge in [-0.15, -0.1) is 0 Å². The van der Waals surface area contributed by atoms with Gasteiger partial charge in [-0.2, -0.15) is 0 Å². The minimum absolute atomic E-state index is 0.175. The van der Waals surface area contributed by atoms with Crippen LogP contribution in [0.1, 0.15) is 47.5 Å². The van der Waals surface area contributed by atoms with Crippen molar-refractivity contribution in [1.29, 1.82) is 0 Å². The fourth-order valence-electron chi connectivity index (χ4n) is 3.68. The maximum Gasteiger partial charge on any atom is 0.410 e. The zero-order valence-electron chi connectivity index (χ0n) is 15.9. The third-order valence-corrected chi connectivity index (χ3v) is 4.95. The molecule has 0 unspecified atom stereocenters. The molecule has 0 aliphatic carbocycles. The van der Waals surface area contributed by atoms with Gasteiger partial charge in [0.2, 0.25) is 0 Å². The molecule has 134 valence electrons. The summed E-state index contributed by atoms with van der Waals surface area (Å²) in [4.78, 5) is 19.3. The molecule has 1 amide bonds. The first-order valence-electron chi connectivity index (χ1n) is 8.98. The molecule has 0 aromatic heterocycles. The van der Waals surface area contributed by atoms with Gasteiger partial charge >= 0.3 is 6.09 Å². The van der Waals surface area contributed by atoms with Gasteiger partial charge in [0.15, 0.2) is 0 Å². The van der Waals surface area contributed by atoms with Crippen molar-refractivity contribution in [3.63, 3.8) is 0 Å². The average Bonchev–Trinajstić information content (AvgIpc) is 2.38. The smallest absolute Gasteiger partial charge is 0.410 e. The second kappa shape index (κ2) is 6.98. The highest BCUT2D eigenvalue weighted by Gasteiger charge is 2.39. The van der Waals surface area contributed by atoms with E-state index in [0.717, 1.165) is 25.6 Å². The van der Waals surface area contributed by atoms with Gasteiger partial charge in [-0.25, -0.2) is 4.79 Å². The van der Waals surface area contributed by atoms with E-state index in [-0.39, 0.29) is 11.6 Å². The summed E-state index contributed by atoms with van der Waals surface area (Å²) in [5.41, 5.74) is -0.607. The highest BCUT2D eigenvalue weighted by atomic mass is 16.6. The Balaban J connectivity index is 1.88. The van der Waals surface area contributed by atoms with Gasteiger partial charge in [0.05, 0.1) is 5.54 Å². The van der Waals surface area contributed by atoms with Crippen molar-refractivity contribution in [2.75, 3.05) is 46.3 Å². The summed E-state index contributed by atoms with van der Waals surface area (Å²) in [6.45, 7) is 16.3. The lowest BCUT2D eigenvalue weighted by Crippen LogP contribution is -2.62. The van der Waals surface area contributed by atoms with E-state index in [0.29, 0.717) is 0 Å². The Hall–Kier alpha value is -0.810. The van der Waals surface area contributed by atoms with E-state index in [1.165, 1.54) is 32.5 Å². The molecule has 0 radical (unpaired) electrons. The third-order valence-electron chi connectivity index (χ3n) is 4.95. The largest absolute Gasteiger partial charge is 0.444 e. The molecular weight excluding hydrogens is 290 g/mol. The summed E-state index contributed by atoms with van der Waals surface area (Å²) in [6.07, 6.45) is 2.41. The molecule has 23 heavy (non-hydrogen) atoms. The van der Waals surface area contributed by atoms with Crippen LogP contribution < -0.4 is 0 Å². The van der Waals surface area contributed by atoms with Crippen molar-refractivity contribution in [1.82, 2.24) is 14.7 Å². The quantitative estimate of drug-likeness (QED) is 0.782. The van der Waals surface area contributed by atoms with Crippen molar-refractivity contribution in [2.45, 2.75) is 58.6 Å². The minimum atomic E-state index is -0.432. The molecule has 0 spiro atoms. The van der Waals surface area contributed by atoms with Gasteiger partial charge in [0.1, 0.15) is 5.60 Å². The summed E-state index contributed by atoms with van der Waals surface area (Å²) in [6, 6.07) is 0. The number of rotatable bonds is 2. The van der Waals surface area contributed by atoms with E-state index < -0.39 is 5.60 Å². The average molecular weight is 325 g/mol. The van der Waals surface area contributed by atoms with Crippen LogP contribution in [0.4, 0.5) is 4.79 Å². The van der Waals surface area contributed by atoms with Crippen LogP contribution in [0.5, 0.6) is 0 Å². The monoisotopic (exact) mass is 325 g/mol. The Morgan fingerprint density at radius 3 is 2.26 bits per heavy atom. The van der Waals surface area contributed by atoms with Crippen molar-refractivity contribution in [3.05, 3.63) is 0 Å². The number of hydrogen-bond donors (Lipinski definition) is 0. The Bertz CT molecular complexity index is 409. The number of hydrogen-bond acceptors (Lipinski definition) is 4. The predicted molar refractivity (Wildman–Crippen MR) is 93.7 cm³/mol. The first kappa shape index (κ1) is 18.5. The van der Waals surface area contributed by atoms with Crippen LogP contribution in [0.2, 0.25) is 0 Å². The maximum absolute atomic E-state index is 12.4. The standard InChI is InChI=1S/C18H35N3O2/c1-17(2,3)23-16(22)21-12-11-20(14-18(21,4)5)13-15-7-9-19(6)10-8-15/h15H,7-14H2,1-6H3. The van der Waals surface area contributed by atoms with Gasteiger partial charge in [-0.3, -0.25) is 4.90 Å². The molecule has 0 aromatic rings. The summed E-state index contributed by atoms with van der Waals surface area (Å²) < 4.78 is 5.57. The van der Waals surface area contributed by atoms with Gasteiger partial charge in [-0.05, 0) is 73.5 Å². The number of likely N-dealkylation sites (tertiary alicyclic amines) is 1. The normalized spacial score (nSPS) is 24.7. The number of carbonyl (C=O) groups excluding carboxylic acids is 1. The van der Waals surface area contributed by atoms with E-state index in [1.807, 2.05) is 25.7 Å². The Morgan fingerprint density at radius 1 is 1.13 bits per heavy atom. The van der Waals surface area contributed by atoms with Crippen LogP contribution >= 0.6 is 0 Å². The molecule has 2 aliphatic heterocycles. The molecule has 2 rings (SSSR count). The fraction of sp³-hybridized carbons (Fsp3) is 0.944. The third kappa shape index (κ3) is 5.35. The number of piperidine rings is 1. The number of amides is 1. The fourth-order valence-corrected chi connectivity index (χ4v) is 3.68. The van der Waals surface area contributed by atoms with E-state index >= 15 is 0 Å². The van der Waals surface area contributed by atoms with Crippen molar-refractivity contribution in [3.8, 4) is 0 Å². The van der Waals surface area contributed by atoms with Crippen LogP contribution in [0.15, 0.2) is 0 Å². The Kier molecular flexibility index (Phi) is 5.62. The van der Waals surface area contributed by atoms with Crippen LogP contribution in [-0.4, -0.2) is 78.2 Å². The molecular formula is C18H35N3O2. The second-order valence-electron chi connectivity index (χ2n) is 8.93. The zero-order valence-corrected chi connectivity index (χ0v) is 15.9. The molecule has 2 saturated heterocycles. The Labute approximate surface area is 141 Å². The van der Waals surface area contributed by atoms with Crippen LogP contribution in [0.25, 0.3) is 0 Å². The number of nitrogens with zero attached hydrogens (tertiary/aromatic N) is 3. The van der Waals surface area contributed by atoms with Crippen LogP contribution in [0.3, 0.4) is 0 Å². The lowest BCUT2D eigenvalue weighted by molar-refractivity contribution is -0.0266. The minimum Gasteiger partial charge on any atom is -0.444 e. The topological polar surface area (TPSA) is 36.0 Å². The molecule has 0 aromatic carbocycles. The summed E-state index contributed by atoms with van der Waals surface area (Å²) >= 11 is 0. The number of piperazine rings is 1. The molecule has 0 atom stereocenters. The molecule has 2 fully saturated rings. The lowest BCUT2D eigenvalue weighted by atomic mass is 9.94. The molecule has 5 nitrogen and oxygen atoms in total. The zero-order chi connectivity index (χ0) is 17.3. The number of ether oxygens (including phenoxy) is 1. The highest BCUT2D eigenvalue weighted by molar-refractivity contribution is 5.69. The lowest BCUT2D eigenvalue weighted by Gasteiger charge is -2.48. The van der Waals surface area contributed by atoms with Crippen molar-refractivity contribution >= 4 is 6.09 Å². The molecule has 0 bridgehead atoms. The number of carbonyl (C=O) groups is 1. The molecule has 0 N–H and O–H groups in total. The van der Waals surface area contributed by atoms with Gasteiger partial charge in [0.25, 0.3) is 0 Å². The van der Waals surface area contributed by atoms with Crippen molar-refractivity contribution < 1.29 is 9.53 Å². The molecule has 2 aliphatic rings. The first-order chi connectivity index (χ1) is 10.6. The van der Waals surface area contributed by atoms with Gasteiger partial charge in [0, 0.05) is 26.2 Å². The molecule has 2 heterocycles. The maximum atomic E-state index is 12.4. The SMILES string of the molecule is CN1CCC(CN2CCN(C(=O)OC(C)(C)C)C(C)(C)C2)CC1. The Morgan fingerprint density at radius 2 is 1.74 bits per heavy atom. The summed E-state index contributed by atoms with van der Waals surface area (Å²) in [5, 5.41) is 0. The second-order valence-corrected chi connectivity index (χ2v) is 8.93. The van der Waals surface area contributed by atoms with Crippen LogP contribution in [-0.2, 0) is 4.74 Å². The van der Waals surface area contributed by atoms with E-state index in [9.17, 15) is 4.79 Å².